The molecule has 1 saturated heterocycles. The normalized spacial score (nSPS) is 19.5. The monoisotopic (exact) mass is 332 g/mol. The maximum absolute atomic E-state index is 12.6. The smallest absolute Gasteiger partial charge is 0.241 e. The van der Waals surface area contributed by atoms with E-state index in [9.17, 15) is 8.42 Å². The van der Waals surface area contributed by atoms with E-state index in [1.54, 1.807) is 0 Å². The summed E-state index contributed by atoms with van der Waals surface area (Å²) in [6.45, 7) is 8.36. The maximum Gasteiger partial charge on any atom is 0.241 e. The molecule has 1 unspecified atom stereocenters. The quantitative estimate of drug-likeness (QED) is 0.800. The highest BCUT2D eigenvalue weighted by Crippen LogP contribution is 2.27. The van der Waals surface area contributed by atoms with Crippen LogP contribution in [0.1, 0.15) is 30.7 Å². The first kappa shape index (κ1) is 16.9. The molecule has 2 N–H and O–H groups in total. The molecule has 7 heteroatoms. The van der Waals surface area contributed by atoms with Gasteiger partial charge in [0.25, 0.3) is 0 Å². The van der Waals surface area contributed by atoms with E-state index in [2.05, 4.69) is 10.0 Å². The van der Waals surface area contributed by atoms with E-state index in [0.29, 0.717) is 30.6 Å². The van der Waals surface area contributed by atoms with Crippen molar-refractivity contribution in [3.63, 3.8) is 0 Å². The fraction of sp³-hybridized carbons (Fsp3) is 0.714. The van der Waals surface area contributed by atoms with Crippen molar-refractivity contribution in [2.75, 3.05) is 19.8 Å². The average Bonchev–Trinajstić information content (AvgIpc) is 3.03. The average molecular weight is 332 g/mol. The molecule has 1 aliphatic rings. The molecule has 0 aromatic carbocycles. The third kappa shape index (κ3) is 4.50. The molecular formula is C14H24N2O3S2. The topological polar surface area (TPSA) is 67.4 Å². The molecule has 2 rings (SSSR count). The van der Waals surface area contributed by atoms with Crippen LogP contribution in [0.3, 0.4) is 0 Å². The van der Waals surface area contributed by atoms with Crippen molar-refractivity contribution in [3.8, 4) is 0 Å². The van der Waals surface area contributed by atoms with Gasteiger partial charge in [0.15, 0.2) is 0 Å². The number of aryl methyl sites for hydroxylation is 1. The van der Waals surface area contributed by atoms with E-state index in [4.69, 9.17) is 4.74 Å². The molecular weight excluding hydrogens is 308 g/mol. The van der Waals surface area contributed by atoms with Gasteiger partial charge in [-0.1, -0.05) is 13.8 Å². The van der Waals surface area contributed by atoms with Crippen LogP contribution in [0.5, 0.6) is 0 Å². The molecule has 1 aromatic heterocycles. The highest BCUT2D eigenvalue weighted by Gasteiger charge is 2.25. The molecule has 2 heterocycles. The second-order valence-corrected chi connectivity index (χ2v) is 8.46. The number of sulfonamides is 1. The van der Waals surface area contributed by atoms with Crippen LogP contribution in [0.4, 0.5) is 0 Å². The summed E-state index contributed by atoms with van der Waals surface area (Å²) < 4.78 is 33.2. The van der Waals surface area contributed by atoms with E-state index in [1.165, 1.54) is 11.3 Å². The molecule has 1 atom stereocenters. The Balaban J connectivity index is 2.08. The number of rotatable bonds is 7. The highest BCUT2D eigenvalue weighted by atomic mass is 32.2. The zero-order chi connectivity index (χ0) is 15.5. The molecule has 120 valence electrons. The minimum atomic E-state index is -3.45. The Morgan fingerprint density at radius 3 is 2.86 bits per heavy atom. The van der Waals surface area contributed by atoms with Gasteiger partial charge in [-0.25, -0.2) is 13.1 Å². The second-order valence-electron chi connectivity index (χ2n) is 5.79. The summed E-state index contributed by atoms with van der Waals surface area (Å²) in [5.74, 6) is 0.288. The first-order valence-electron chi connectivity index (χ1n) is 7.28. The zero-order valence-electron chi connectivity index (χ0n) is 12.8. The van der Waals surface area contributed by atoms with E-state index in [0.717, 1.165) is 23.5 Å². The van der Waals surface area contributed by atoms with Crippen LogP contribution in [-0.2, 0) is 21.3 Å². The lowest BCUT2D eigenvalue weighted by molar-refractivity contribution is 0.186. The Hall–Kier alpha value is -0.470. The Morgan fingerprint density at radius 2 is 2.24 bits per heavy atom. The van der Waals surface area contributed by atoms with Crippen LogP contribution >= 0.6 is 11.3 Å². The lowest BCUT2D eigenvalue weighted by atomic mass is 10.1. The van der Waals surface area contributed by atoms with Crippen molar-refractivity contribution < 1.29 is 13.2 Å². The molecule has 0 bridgehead atoms. The van der Waals surface area contributed by atoms with Crippen LogP contribution in [0.25, 0.3) is 0 Å². The van der Waals surface area contributed by atoms with Gasteiger partial charge >= 0.3 is 0 Å². The van der Waals surface area contributed by atoms with Crippen LogP contribution in [0.15, 0.2) is 10.3 Å². The van der Waals surface area contributed by atoms with Crippen molar-refractivity contribution in [3.05, 3.63) is 15.8 Å². The molecule has 0 aliphatic carbocycles. The minimum Gasteiger partial charge on any atom is -0.381 e. The third-order valence-electron chi connectivity index (χ3n) is 3.51. The van der Waals surface area contributed by atoms with Crippen molar-refractivity contribution in [1.82, 2.24) is 10.0 Å². The van der Waals surface area contributed by atoms with E-state index >= 15 is 0 Å². The van der Waals surface area contributed by atoms with Crippen LogP contribution in [0, 0.1) is 12.8 Å². The largest absolute Gasteiger partial charge is 0.381 e. The van der Waals surface area contributed by atoms with Crippen molar-refractivity contribution >= 4 is 21.4 Å². The van der Waals surface area contributed by atoms with Crippen molar-refractivity contribution in [1.29, 1.82) is 0 Å². The number of hydrogen-bond donors (Lipinski definition) is 2. The molecule has 5 nitrogen and oxygen atoms in total. The minimum absolute atomic E-state index is 0.288. The SMILES string of the molecule is Cc1csc(CNC(C)C)c1S(=O)(=O)NCC1CCOC1. The molecule has 0 radical (unpaired) electrons. The zero-order valence-corrected chi connectivity index (χ0v) is 14.4. The first-order chi connectivity index (χ1) is 9.90. The summed E-state index contributed by atoms with van der Waals surface area (Å²) >= 11 is 1.50. The van der Waals surface area contributed by atoms with Crippen LogP contribution in [-0.4, -0.2) is 34.2 Å². The van der Waals surface area contributed by atoms with Gasteiger partial charge in [0.05, 0.1) is 6.61 Å². The fourth-order valence-electron chi connectivity index (χ4n) is 2.31. The van der Waals surface area contributed by atoms with E-state index in [1.807, 2.05) is 26.2 Å². The number of ether oxygens (including phenoxy) is 1. The number of thiophene rings is 1. The Morgan fingerprint density at radius 1 is 1.48 bits per heavy atom. The Kier molecular flexibility index (Phi) is 5.79. The third-order valence-corrected chi connectivity index (χ3v) is 6.40. The van der Waals surface area contributed by atoms with Gasteiger partial charge in [0.2, 0.25) is 10.0 Å². The van der Waals surface area contributed by atoms with Gasteiger partial charge in [-0.15, -0.1) is 11.3 Å². The van der Waals surface area contributed by atoms with Gasteiger partial charge in [-0.05, 0) is 30.2 Å². The highest BCUT2D eigenvalue weighted by molar-refractivity contribution is 7.89. The van der Waals surface area contributed by atoms with Gasteiger partial charge in [-0.3, -0.25) is 0 Å². The van der Waals surface area contributed by atoms with Gasteiger partial charge in [0, 0.05) is 30.6 Å². The Bertz CT molecular complexity index is 561. The molecule has 21 heavy (non-hydrogen) atoms. The molecule has 0 saturated carbocycles. The standard InChI is InChI=1S/C14H24N2O3S2/c1-10(2)15-7-13-14(11(3)9-20-13)21(17,18)16-6-12-4-5-19-8-12/h9-10,12,15-16H,4-8H2,1-3H3. The fourth-order valence-corrected chi connectivity index (χ4v) is 5.18. The summed E-state index contributed by atoms with van der Waals surface area (Å²) in [5.41, 5.74) is 0.815. The molecule has 1 fully saturated rings. The lowest BCUT2D eigenvalue weighted by Gasteiger charge is -2.13. The number of hydrogen-bond acceptors (Lipinski definition) is 5. The van der Waals surface area contributed by atoms with Crippen molar-refractivity contribution in [2.24, 2.45) is 5.92 Å². The number of nitrogens with one attached hydrogen (secondary N) is 2. The Labute approximate surface area is 131 Å². The van der Waals surface area contributed by atoms with E-state index in [-0.39, 0.29) is 5.92 Å². The van der Waals surface area contributed by atoms with Gasteiger partial charge in [-0.2, -0.15) is 0 Å². The van der Waals surface area contributed by atoms with Gasteiger partial charge < -0.3 is 10.1 Å². The predicted octanol–water partition coefficient (Wildman–Crippen LogP) is 1.87. The molecule has 1 aliphatic heterocycles. The molecule has 0 amide bonds. The maximum atomic E-state index is 12.6. The van der Waals surface area contributed by atoms with Gasteiger partial charge in [0.1, 0.15) is 4.90 Å². The van der Waals surface area contributed by atoms with Crippen LogP contribution in [0.2, 0.25) is 0 Å². The molecule has 0 spiro atoms. The first-order valence-corrected chi connectivity index (χ1v) is 9.64. The lowest BCUT2D eigenvalue weighted by Crippen LogP contribution is -2.31. The van der Waals surface area contributed by atoms with Crippen molar-refractivity contribution in [2.45, 2.75) is 44.7 Å². The van der Waals surface area contributed by atoms with E-state index < -0.39 is 10.0 Å². The summed E-state index contributed by atoms with van der Waals surface area (Å²) in [6.07, 6.45) is 0.924. The summed E-state index contributed by atoms with van der Waals surface area (Å²) in [6, 6.07) is 0.326. The summed E-state index contributed by atoms with van der Waals surface area (Å²) in [4.78, 5) is 1.32. The summed E-state index contributed by atoms with van der Waals surface area (Å²) in [5, 5.41) is 5.19. The predicted molar refractivity (Wildman–Crippen MR) is 85.1 cm³/mol. The second kappa shape index (κ2) is 7.19. The van der Waals surface area contributed by atoms with Crippen LogP contribution < -0.4 is 10.0 Å². The molecule has 1 aromatic rings. The summed E-state index contributed by atoms with van der Waals surface area (Å²) in [7, 11) is -3.45.